The van der Waals surface area contributed by atoms with E-state index >= 15 is 0 Å². The SMILES string of the molecule is CNC(C)CNC(=O)C1CCC(NC(=O)CC2CCCCC2)CC1.Cl. The number of carbonyl (C=O) groups is 2. The average molecular weight is 374 g/mol. The van der Waals surface area contributed by atoms with Crippen molar-refractivity contribution >= 4 is 24.2 Å². The molecule has 0 aromatic carbocycles. The minimum absolute atomic E-state index is 0. The molecule has 146 valence electrons. The smallest absolute Gasteiger partial charge is 0.223 e. The van der Waals surface area contributed by atoms with E-state index in [1.54, 1.807) is 0 Å². The highest BCUT2D eigenvalue weighted by Crippen LogP contribution is 2.27. The minimum atomic E-state index is 0. The fourth-order valence-electron chi connectivity index (χ4n) is 3.94. The molecule has 2 rings (SSSR count). The van der Waals surface area contributed by atoms with E-state index in [0.29, 0.717) is 24.9 Å². The van der Waals surface area contributed by atoms with Gasteiger partial charge in [-0.3, -0.25) is 9.59 Å². The molecule has 0 aromatic rings. The summed E-state index contributed by atoms with van der Waals surface area (Å²) >= 11 is 0. The van der Waals surface area contributed by atoms with Crippen LogP contribution < -0.4 is 16.0 Å². The van der Waals surface area contributed by atoms with E-state index in [9.17, 15) is 9.59 Å². The van der Waals surface area contributed by atoms with Gasteiger partial charge < -0.3 is 16.0 Å². The van der Waals surface area contributed by atoms with Gasteiger partial charge in [-0.15, -0.1) is 12.4 Å². The monoisotopic (exact) mass is 373 g/mol. The van der Waals surface area contributed by atoms with Crippen molar-refractivity contribution < 1.29 is 9.59 Å². The first-order valence-corrected chi connectivity index (χ1v) is 9.82. The second kappa shape index (κ2) is 11.7. The molecule has 1 unspecified atom stereocenters. The van der Waals surface area contributed by atoms with Gasteiger partial charge in [0.25, 0.3) is 0 Å². The van der Waals surface area contributed by atoms with Gasteiger partial charge in [0.1, 0.15) is 0 Å². The number of nitrogens with one attached hydrogen (secondary N) is 3. The number of likely N-dealkylation sites (N-methyl/N-ethyl adjacent to an activating group) is 1. The number of carbonyl (C=O) groups excluding carboxylic acids is 2. The molecule has 0 radical (unpaired) electrons. The molecule has 0 aromatic heterocycles. The highest BCUT2D eigenvalue weighted by molar-refractivity contribution is 5.85. The molecule has 3 N–H and O–H groups in total. The van der Waals surface area contributed by atoms with Gasteiger partial charge in [0.05, 0.1) is 0 Å². The maximum absolute atomic E-state index is 12.2. The van der Waals surface area contributed by atoms with Crippen LogP contribution in [0.5, 0.6) is 0 Å². The van der Waals surface area contributed by atoms with E-state index < -0.39 is 0 Å². The largest absolute Gasteiger partial charge is 0.354 e. The highest BCUT2D eigenvalue weighted by atomic mass is 35.5. The van der Waals surface area contributed by atoms with Crippen molar-refractivity contribution in [1.82, 2.24) is 16.0 Å². The van der Waals surface area contributed by atoms with Crippen LogP contribution in [0.2, 0.25) is 0 Å². The van der Waals surface area contributed by atoms with Crippen LogP contribution in [0.1, 0.15) is 71.1 Å². The number of amides is 2. The second-order valence-corrected chi connectivity index (χ2v) is 7.76. The Balaban J connectivity index is 0.00000312. The molecule has 5 nitrogen and oxygen atoms in total. The molecule has 1 atom stereocenters. The Kier molecular flexibility index (Phi) is 10.4. The summed E-state index contributed by atoms with van der Waals surface area (Å²) in [6, 6.07) is 0.561. The number of rotatable bonds is 7. The van der Waals surface area contributed by atoms with Crippen LogP contribution in [0.4, 0.5) is 0 Å². The summed E-state index contributed by atoms with van der Waals surface area (Å²) in [7, 11) is 1.90. The Morgan fingerprint density at radius 3 is 2.24 bits per heavy atom. The number of halogens is 1. The molecule has 0 saturated heterocycles. The quantitative estimate of drug-likeness (QED) is 0.642. The van der Waals surface area contributed by atoms with Crippen molar-refractivity contribution in [3.63, 3.8) is 0 Å². The van der Waals surface area contributed by atoms with Gasteiger partial charge in [-0.05, 0) is 58.4 Å². The first-order chi connectivity index (χ1) is 11.6. The van der Waals surface area contributed by atoms with Gasteiger partial charge >= 0.3 is 0 Å². The van der Waals surface area contributed by atoms with Crippen LogP contribution in [0.25, 0.3) is 0 Å². The summed E-state index contributed by atoms with van der Waals surface area (Å²) in [6.45, 7) is 2.73. The zero-order valence-corrected chi connectivity index (χ0v) is 16.6. The third kappa shape index (κ3) is 7.95. The van der Waals surface area contributed by atoms with Gasteiger partial charge in [0.2, 0.25) is 11.8 Å². The summed E-state index contributed by atoms with van der Waals surface area (Å²) in [4.78, 5) is 24.4. The van der Waals surface area contributed by atoms with Gasteiger partial charge in [0.15, 0.2) is 0 Å². The Morgan fingerprint density at radius 1 is 1.00 bits per heavy atom. The predicted octanol–water partition coefficient (Wildman–Crippen LogP) is 2.78. The third-order valence-corrected chi connectivity index (χ3v) is 5.74. The standard InChI is InChI=1S/C19H35N3O2.ClH/c1-14(20-2)13-21-19(24)16-8-10-17(11-9-16)22-18(23)12-15-6-4-3-5-7-15;/h14-17,20H,3-13H2,1-2H3,(H,21,24)(H,22,23);1H. The van der Waals surface area contributed by atoms with Crippen LogP contribution in [0.3, 0.4) is 0 Å². The summed E-state index contributed by atoms with van der Waals surface area (Å²) in [6.07, 6.45) is 10.6. The molecule has 2 amide bonds. The van der Waals surface area contributed by atoms with Crippen LogP contribution >= 0.6 is 12.4 Å². The summed E-state index contributed by atoms with van der Waals surface area (Å²) in [5, 5.41) is 9.35. The van der Waals surface area contributed by atoms with Crippen molar-refractivity contribution in [3.05, 3.63) is 0 Å². The topological polar surface area (TPSA) is 70.2 Å². The van der Waals surface area contributed by atoms with Crippen molar-refractivity contribution in [2.75, 3.05) is 13.6 Å². The molecule has 0 bridgehead atoms. The van der Waals surface area contributed by atoms with E-state index in [4.69, 9.17) is 0 Å². The second-order valence-electron chi connectivity index (χ2n) is 7.76. The Labute approximate surface area is 158 Å². The third-order valence-electron chi connectivity index (χ3n) is 5.74. The van der Waals surface area contributed by atoms with Gasteiger partial charge in [-0.1, -0.05) is 19.3 Å². The molecule has 6 heteroatoms. The molecule has 2 aliphatic rings. The lowest BCUT2D eigenvalue weighted by molar-refractivity contribution is -0.126. The van der Waals surface area contributed by atoms with Crippen molar-refractivity contribution in [2.45, 2.75) is 83.2 Å². The zero-order chi connectivity index (χ0) is 17.4. The summed E-state index contributed by atoms with van der Waals surface area (Å²) in [5.41, 5.74) is 0. The first-order valence-electron chi connectivity index (χ1n) is 9.82. The molecule has 2 aliphatic carbocycles. The molecule has 2 fully saturated rings. The minimum Gasteiger partial charge on any atom is -0.354 e. The number of hydrogen-bond acceptors (Lipinski definition) is 3. The van der Waals surface area contributed by atoms with Crippen LogP contribution in [-0.2, 0) is 9.59 Å². The van der Waals surface area contributed by atoms with E-state index in [2.05, 4.69) is 22.9 Å². The first kappa shape index (κ1) is 22.2. The van der Waals surface area contributed by atoms with Gasteiger partial charge in [0, 0.05) is 31.0 Å². The zero-order valence-electron chi connectivity index (χ0n) is 15.8. The molecular weight excluding hydrogens is 338 g/mol. The van der Waals surface area contributed by atoms with Crippen molar-refractivity contribution in [1.29, 1.82) is 0 Å². The van der Waals surface area contributed by atoms with Crippen LogP contribution in [0.15, 0.2) is 0 Å². The average Bonchev–Trinajstić information content (AvgIpc) is 2.60. The summed E-state index contributed by atoms with van der Waals surface area (Å²) < 4.78 is 0. The predicted molar refractivity (Wildman–Crippen MR) is 104 cm³/mol. The van der Waals surface area contributed by atoms with Gasteiger partial charge in [-0.25, -0.2) is 0 Å². The Bertz CT molecular complexity index is 405. The maximum atomic E-state index is 12.2. The van der Waals surface area contributed by atoms with E-state index in [-0.39, 0.29) is 36.2 Å². The van der Waals surface area contributed by atoms with E-state index in [1.807, 2.05) is 7.05 Å². The highest BCUT2D eigenvalue weighted by Gasteiger charge is 2.27. The molecule has 0 aliphatic heterocycles. The van der Waals surface area contributed by atoms with Crippen molar-refractivity contribution in [2.24, 2.45) is 11.8 Å². The summed E-state index contributed by atoms with van der Waals surface area (Å²) in [5.74, 6) is 1.09. The lowest BCUT2D eigenvalue weighted by Gasteiger charge is -2.29. The van der Waals surface area contributed by atoms with Crippen LogP contribution in [-0.4, -0.2) is 37.5 Å². The van der Waals surface area contributed by atoms with E-state index in [0.717, 1.165) is 25.7 Å². The maximum Gasteiger partial charge on any atom is 0.223 e. The Hall–Kier alpha value is -0.810. The number of hydrogen-bond donors (Lipinski definition) is 3. The van der Waals surface area contributed by atoms with Crippen LogP contribution in [0, 0.1) is 11.8 Å². The Morgan fingerprint density at radius 2 is 1.64 bits per heavy atom. The normalized spacial score (nSPS) is 25.5. The molecule has 2 saturated carbocycles. The lowest BCUT2D eigenvalue weighted by Crippen LogP contribution is -2.43. The fourth-order valence-corrected chi connectivity index (χ4v) is 3.94. The van der Waals surface area contributed by atoms with E-state index in [1.165, 1.54) is 32.1 Å². The fraction of sp³-hybridized carbons (Fsp3) is 0.895. The lowest BCUT2D eigenvalue weighted by atomic mass is 9.84. The van der Waals surface area contributed by atoms with Gasteiger partial charge in [-0.2, -0.15) is 0 Å². The molecular formula is C19H36ClN3O2. The van der Waals surface area contributed by atoms with Crippen molar-refractivity contribution in [3.8, 4) is 0 Å². The molecule has 25 heavy (non-hydrogen) atoms. The molecule has 0 spiro atoms. The molecule has 0 heterocycles.